The van der Waals surface area contributed by atoms with Gasteiger partial charge in [0, 0.05) is 13.5 Å². The summed E-state index contributed by atoms with van der Waals surface area (Å²) >= 11 is 3.24. The number of amides is 2. The molecule has 0 N–H and O–H groups in total. The molecule has 5 heteroatoms. The van der Waals surface area contributed by atoms with Gasteiger partial charge in [-0.1, -0.05) is 15.9 Å². The molecule has 0 aromatic carbocycles. The van der Waals surface area contributed by atoms with Crippen LogP contribution in [0, 0.1) is 0 Å². The Bertz CT molecular complexity index is 219. The lowest BCUT2D eigenvalue weighted by Gasteiger charge is -2.18. The predicted octanol–water partition coefficient (Wildman–Crippen LogP) is 0.893. The summed E-state index contributed by atoms with van der Waals surface area (Å²) in [6, 6.07) is 0. The van der Waals surface area contributed by atoms with Crippen LogP contribution in [0.4, 0.5) is 0 Å². The summed E-state index contributed by atoms with van der Waals surface area (Å²) in [5.74, 6) is -0.335. The highest BCUT2D eigenvalue weighted by molar-refractivity contribution is 9.10. The Kier molecular flexibility index (Phi) is 3.87. The van der Waals surface area contributed by atoms with Crippen molar-refractivity contribution in [2.45, 2.75) is 24.1 Å². The maximum atomic E-state index is 11.5. The fourth-order valence-electron chi connectivity index (χ4n) is 1.25. The van der Waals surface area contributed by atoms with E-state index in [2.05, 4.69) is 15.9 Å². The van der Waals surface area contributed by atoms with Gasteiger partial charge in [-0.3, -0.25) is 14.5 Å². The average Bonchev–Trinajstić information content (AvgIpc) is 2.21. The highest BCUT2D eigenvalue weighted by Gasteiger charge is 2.29. The second-order valence-corrected chi connectivity index (χ2v) is 4.04. The topological polar surface area (TPSA) is 46.6 Å². The average molecular weight is 250 g/mol. The number of hydrogen-bond donors (Lipinski definition) is 0. The lowest BCUT2D eigenvalue weighted by atomic mass is 10.2. The minimum atomic E-state index is -0.242. The molecule has 74 valence electrons. The molecule has 2 amide bonds. The van der Waals surface area contributed by atoms with Crippen LogP contribution in [-0.4, -0.2) is 35.4 Å². The lowest BCUT2D eigenvalue weighted by molar-refractivity contribution is -0.148. The summed E-state index contributed by atoms with van der Waals surface area (Å²) in [5, 5.41) is 0. The maximum absolute atomic E-state index is 11.5. The number of carbonyl (C=O) groups is 2. The Morgan fingerprint density at radius 3 is 2.92 bits per heavy atom. The number of hydrogen-bond acceptors (Lipinski definition) is 3. The number of ether oxygens (including phenoxy) is 1. The highest BCUT2D eigenvalue weighted by atomic mass is 79.9. The molecule has 1 aliphatic rings. The van der Waals surface area contributed by atoms with Crippen LogP contribution in [0.3, 0.4) is 0 Å². The van der Waals surface area contributed by atoms with Crippen molar-refractivity contribution in [2.75, 3.05) is 13.8 Å². The van der Waals surface area contributed by atoms with Crippen LogP contribution in [0.5, 0.6) is 0 Å². The van der Waals surface area contributed by atoms with Crippen molar-refractivity contribution in [2.24, 2.45) is 0 Å². The molecule has 1 rings (SSSR count). The molecular formula is C8H12BrNO3. The molecule has 0 aromatic rings. The van der Waals surface area contributed by atoms with E-state index < -0.39 is 0 Å². The van der Waals surface area contributed by atoms with Gasteiger partial charge < -0.3 is 4.74 Å². The van der Waals surface area contributed by atoms with Gasteiger partial charge in [-0.25, -0.2) is 0 Å². The smallest absolute Gasteiger partial charge is 0.244 e. The van der Waals surface area contributed by atoms with Crippen molar-refractivity contribution >= 4 is 27.7 Å². The first-order valence-corrected chi connectivity index (χ1v) is 5.05. The van der Waals surface area contributed by atoms with Gasteiger partial charge in [0.25, 0.3) is 0 Å². The van der Waals surface area contributed by atoms with E-state index in [4.69, 9.17) is 4.74 Å². The number of alkyl halides is 1. The third kappa shape index (κ3) is 2.51. The minimum Gasteiger partial charge on any atom is -0.364 e. The van der Waals surface area contributed by atoms with Crippen LogP contribution in [0.15, 0.2) is 0 Å². The van der Waals surface area contributed by atoms with E-state index in [1.54, 1.807) is 0 Å². The van der Waals surface area contributed by atoms with E-state index in [-0.39, 0.29) is 23.4 Å². The number of imide groups is 1. The van der Waals surface area contributed by atoms with Crippen LogP contribution in [-0.2, 0) is 14.3 Å². The summed E-state index contributed by atoms with van der Waals surface area (Å²) in [6.07, 6.45) is 1.89. The van der Waals surface area contributed by atoms with Gasteiger partial charge in [0.2, 0.25) is 11.8 Å². The molecule has 0 saturated carbocycles. The van der Waals surface area contributed by atoms with Crippen LogP contribution in [0.1, 0.15) is 19.3 Å². The van der Waals surface area contributed by atoms with Crippen LogP contribution >= 0.6 is 15.9 Å². The van der Waals surface area contributed by atoms with Crippen LogP contribution in [0.25, 0.3) is 0 Å². The SMILES string of the molecule is COCN1C(=O)CCCC(Br)C1=O. The molecule has 0 aliphatic carbocycles. The lowest BCUT2D eigenvalue weighted by Crippen LogP contribution is -2.40. The zero-order valence-electron chi connectivity index (χ0n) is 7.46. The van der Waals surface area contributed by atoms with Crippen molar-refractivity contribution in [3.63, 3.8) is 0 Å². The van der Waals surface area contributed by atoms with E-state index in [1.807, 2.05) is 0 Å². The third-order valence-corrected chi connectivity index (χ3v) is 2.79. The van der Waals surface area contributed by atoms with E-state index in [0.717, 1.165) is 11.3 Å². The van der Waals surface area contributed by atoms with E-state index in [1.165, 1.54) is 7.11 Å². The first kappa shape index (κ1) is 10.7. The van der Waals surface area contributed by atoms with Crippen LogP contribution in [0.2, 0.25) is 0 Å². The molecule has 1 heterocycles. The molecule has 0 aromatic heterocycles. The van der Waals surface area contributed by atoms with Gasteiger partial charge >= 0.3 is 0 Å². The molecule has 1 fully saturated rings. The molecule has 0 radical (unpaired) electrons. The van der Waals surface area contributed by atoms with Gasteiger partial charge in [-0.15, -0.1) is 0 Å². The number of nitrogens with zero attached hydrogens (tertiary/aromatic N) is 1. The number of likely N-dealkylation sites (tertiary alicyclic amines) is 1. The second kappa shape index (κ2) is 4.72. The normalized spacial score (nSPS) is 24.8. The number of rotatable bonds is 2. The molecule has 1 atom stereocenters. The highest BCUT2D eigenvalue weighted by Crippen LogP contribution is 2.18. The first-order valence-electron chi connectivity index (χ1n) is 4.14. The molecule has 13 heavy (non-hydrogen) atoms. The van der Waals surface area contributed by atoms with Crippen molar-refractivity contribution in [1.29, 1.82) is 0 Å². The third-order valence-electron chi connectivity index (χ3n) is 1.94. The van der Waals surface area contributed by atoms with E-state index >= 15 is 0 Å². The number of methoxy groups -OCH3 is 1. The summed E-state index contributed by atoms with van der Waals surface area (Å²) in [6.45, 7) is 0.0553. The Balaban J connectivity index is 2.72. The molecule has 1 unspecified atom stereocenters. The van der Waals surface area contributed by atoms with Gasteiger partial charge in [-0.05, 0) is 12.8 Å². The van der Waals surface area contributed by atoms with Gasteiger partial charge in [0.15, 0.2) is 0 Å². The fraction of sp³-hybridized carbons (Fsp3) is 0.750. The molecule has 0 spiro atoms. The molecule has 1 saturated heterocycles. The summed E-state index contributed by atoms with van der Waals surface area (Å²) in [4.78, 5) is 23.8. The Morgan fingerprint density at radius 1 is 1.62 bits per heavy atom. The van der Waals surface area contributed by atoms with Crippen molar-refractivity contribution in [3.05, 3.63) is 0 Å². The molecule has 4 nitrogen and oxygen atoms in total. The Morgan fingerprint density at radius 2 is 2.31 bits per heavy atom. The van der Waals surface area contributed by atoms with E-state index in [0.29, 0.717) is 12.8 Å². The quantitative estimate of drug-likeness (QED) is 0.540. The zero-order valence-corrected chi connectivity index (χ0v) is 9.04. The fourth-order valence-corrected chi connectivity index (χ4v) is 1.82. The molecule has 0 bridgehead atoms. The second-order valence-electron chi connectivity index (χ2n) is 2.94. The zero-order chi connectivity index (χ0) is 9.84. The van der Waals surface area contributed by atoms with Gasteiger partial charge in [0.05, 0.1) is 4.83 Å². The predicted molar refractivity (Wildman–Crippen MR) is 50.3 cm³/mol. The monoisotopic (exact) mass is 249 g/mol. The summed E-state index contributed by atoms with van der Waals surface area (Å²) in [7, 11) is 1.47. The van der Waals surface area contributed by atoms with Crippen molar-refractivity contribution < 1.29 is 14.3 Å². The largest absolute Gasteiger partial charge is 0.364 e. The standard InChI is InChI=1S/C8H12BrNO3/c1-13-5-10-7(11)4-2-3-6(9)8(10)12/h6H,2-5H2,1H3. The Labute approximate surface area is 85.4 Å². The number of halogens is 1. The maximum Gasteiger partial charge on any atom is 0.244 e. The van der Waals surface area contributed by atoms with Crippen LogP contribution < -0.4 is 0 Å². The Hall–Kier alpha value is -0.420. The van der Waals surface area contributed by atoms with Gasteiger partial charge in [-0.2, -0.15) is 0 Å². The summed E-state index contributed by atoms with van der Waals surface area (Å²) in [5.41, 5.74) is 0. The summed E-state index contributed by atoms with van der Waals surface area (Å²) < 4.78 is 4.79. The van der Waals surface area contributed by atoms with Gasteiger partial charge in [0.1, 0.15) is 6.73 Å². The van der Waals surface area contributed by atoms with Crippen molar-refractivity contribution in [1.82, 2.24) is 4.90 Å². The molecule has 1 aliphatic heterocycles. The molecular weight excluding hydrogens is 238 g/mol. The number of carbonyl (C=O) groups excluding carboxylic acids is 2. The van der Waals surface area contributed by atoms with Crippen molar-refractivity contribution in [3.8, 4) is 0 Å². The minimum absolute atomic E-state index is 0.0553. The first-order chi connectivity index (χ1) is 6.16. The van der Waals surface area contributed by atoms with E-state index in [9.17, 15) is 9.59 Å².